The summed E-state index contributed by atoms with van der Waals surface area (Å²) in [6, 6.07) is 11.5. The minimum atomic E-state index is -0.509. The van der Waals surface area contributed by atoms with E-state index in [2.05, 4.69) is 15.2 Å². The van der Waals surface area contributed by atoms with Crippen LogP contribution in [0.2, 0.25) is 0 Å². The van der Waals surface area contributed by atoms with Crippen LogP contribution in [0.25, 0.3) is 11.3 Å². The van der Waals surface area contributed by atoms with Gasteiger partial charge in [0.25, 0.3) is 11.4 Å². The van der Waals surface area contributed by atoms with E-state index in [9.17, 15) is 20.2 Å². The van der Waals surface area contributed by atoms with Crippen LogP contribution in [0.4, 0.5) is 27.2 Å². The van der Waals surface area contributed by atoms with Gasteiger partial charge in [-0.25, -0.2) is 4.98 Å². The largest absolute Gasteiger partial charge is 0.375 e. The number of nitrogens with zero attached hydrogens (tertiary/aromatic N) is 5. The highest BCUT2D eigenvalue weighted by molar-refractivity contribution is 7.19. The number of aromatic nitrogens is 1. The van der Waals surface area contributed by atoms with Crippen LogP contribution < -0.4 is 5.73 Å². The van der Waals surface area contributed by atoms with Crippen molar-refractivity contribution in [3.8, 4) is 11.3 Å². The topological polar surface area (TPSA) is 150 Å². The highest BCUT2D eigenvalue weighted by Crippen LogP contribution is 2.38. The molecule has 10 nitrogen and oxygen atoms in total. The summed E-state index contributed by atoms with van der Waals surface area (Å²) >= 11 is 1.08. The van der Waals surface area contributed by atoms with E-state index >= 15 is 0 Å². The number of non-ortho nitro benzene ring substituents is 2. The molecule has 0 spiro atoms. The zero-order valence-electron chi connectivity index (χ0n) is 13.0. The lowest BCUT2D eigenvalue weighted by atomic mass is 10.1. The van der Waals surface area contributed by atoms with Gasteiger partial charge in [-0.3, -0.25) is 20.2 Å². The minimum Gasteiger partial charge on any atom is -0.375 e. The normalized spacial score (nSPS) is 10.9. The number of rotatable bonds is 5. The van der Waals surface area contributed by atoms with Crippen LogP contribution in [0.5, 0.6) is 0 Å². The van der Waals surface area contributed by atoms with E-state index < -0.39 is 9.85 Å². The zero-order chi connectivity index (χ0) is 18.7. The Morgan fingerprint density at radius 1 is 0.962 bits per heavy atom. The van der Waals surface area contributed by atoms with Crippen LogP contribution >= 0.6 is 11.3 Å². The summed E-state index contributed by atoms with van der Waals surface area (Å²) in [5, 5.41) is 30.3. The van der Waals surface area contributed by atoms with Gasteiger partial charge >= 0.3 is 0 Å². The van der Waals surface area contributed by atoms with E-state index in [1.54, 1.807) is 12.1 Å². The van der Waals surface area contributed by atoms with Crippen molar-refractivity contribution in [2.75, 3.05) is 5.73 Å². The van der Waals surface area contributed by atoms with Crippen molar-refractivity contribution in [1.82, 2.24) is 4.98 Å². The third-order valence-corrected chi connectivity index (χ3v) is 4.04. The molecule has 2 aromatic carbocycles. The molecule has 0 amide bonds. The number of nitro benzene ring substituents is 2. The van der Waals surface area contributed by atoms with Crippen LogP contribution in [0, 0.1) is 20.2 Å². The van der Waals surface area contributed by atoms with Crippen molar-refractivity contribution in [3.05, 3.63) is 68.8 Å². The first-order valence-corrected chi connectivity index (χ1v) is 7.93. The summed E-state index contributed by atoms with van der Waals surface area (Å²) in [6.07, 6.45) is 0. The Balaban J connectivity index is 1.93. The second-order valence-electron chi connectivity index (χ2n) is 4.99. The second-order valence-corrected chi connectivity index (χ2v) is 6.00. The van der Waals surface area contributed by atoms with Crippen molar-refractivity contribution in [2.45, 2.75) is 0 Å². The highest BCUT2D eigenvalue weighted by atomic mass is 32.1. The first-order valence-electron chi connectivity index (χ1n) is 7.11. The molecule has 0 aliphatic carbocycles. The van der Waals surface area contributed by atoms with Gasteiger partial charge in [0.05, 0.1) is 15.5 Å². The van der Waals surface area contributed by atoms with Gasteiger partial charge in [-0.05, 0) is 12.1 Å². The van der Waals surface area contributed by atoms with Crippen LogP contribution in [0.1, 0.15) is 0 Å². The van der Waals surface area contributed by atoms with E-state index in [0.717, 1.165) is 11.3 Å². The molecule has 2 N–H and O–H groups in total. The summed E-state index contributed by atoms with van der Waals surface area (Å²) in [4.78, 5) is 24.7. The summed E-state index contributed by atoms with van der Waals surface area (Å²) in [6.45, 7) is 0. The van der Waals surface area contributed by atoms with Crippen molar-refractivity contribution < 1.29 is 9.85 Å². The highest BCUT2D eigenvalue weighted by Gasteiger charge is 2.15. The molecule has 0 saturated carbocycles. The van der Waals surface area contributed by atoms with Gasteiger partial charge in [-0.15, -0.1) is 10.2 Å². The lowest BCUT2D eigenvalue weighted by Gasteiger charge is -1.98. The maximum atomic E-state index is 10.9. The number of hydrogen-bond acceptors (Lipinski definition) is 9. The van der Waals surface area contributed by atoms with E-state index in [1.165, 1.54) is 36.4 Å². The molecule has 0 saturated heterocycles. The van der Waals surface area contributed by atoms with Crippen molar-refractivity contribution >= 4 is 38.5 Å². The Hall–Kier alpha value is -3.73. The SMILES string of the molecule is Nc1nc(-c2cccc([N+](=O)[O-])c2)c(N=Nc2ccc([N+](=O)[O-])cc2)s1. The molecule has 1 aromatic heterocycles. The van der Waals surface area contributed by atoms with Crippen LogP contribution in [-0.4, -0.2) is 14.8 Å². The Morgan fingerprint density at radius 2 is 1.65 bits per heavy atom. The number of anilines is 1. The van der Waals surface area contributed by atoms with Gasteiger partial charge in [0.1, 0.15) is 5.69 Å². The molecule has 0 radical (unpaired) electrons. The molecule has 11 heteroatoms. The number of nitrogen functional groups attached to an aromatic ring is 1. The molecule has 3 rings (SSSR count). The number of nitro groups is 2. The molecular formula is C15H10N6O4S. The van der Waals surface area contributed by atoms with Gasteiger partial charge in [-0.1, -0.05) is 23.5 Å². The van der Waals surface area contributed by atoms with Gasteiger partial charge in [-0.2, -0.15) is 0 Å². The van der Waals surface area contributed by atoms with Crippen LogP contribution in [-0.2, 0) is 0 Å². The molecular weight excluding hydrogens is 360 g/mol. The quantitative estimate of drug-likeness (QED) is 0.393. The van der Waals surface area contributed by atoms with E-state index in [1.807, 2.05) is 0 Å². The Bertz CT molecular complexity index is 1020. The number of hydrogen-bond donors (Lipinski definition) is 1. The second kappa shape index (κ2) is 7.03. The predicted octanol–water partition coefficient (Wildman–Crippen LogP) is 4.62. The molecule has 1 heterocycles. The fourth-order valence-electron chi connectivity index (χ4n) is 2.09. The molecule has 0 unspecified atom stereocenters. The summed E-state index contributed by atoms with van der Waals surface area (Å²) in [5.41, 5.74) is 6.88. The molecule has 0 fully saturated rings. The Kier molecular flexibility index (Phi) is 4.62. The molecule has 130 valence electrons. The van der Waals surface area contributed by atoms with E-state index in [0.29, 0.717) is 21.9 Å². The van der Waals surface area contributed by atoms with E-state index in [4.69, 9.17) is 5.73 Å². The van der Waals surface area contributed by atoms with Crippen molar-refractivity contribution in [2.24, 2.45) is 10.2 Å². The smallest absolute Gasteiger partial charge is 0.270 e. The first-order chi connectivity index (χ1) is 12.4. The Morgan fingerprint density at radius 3 is 2.31 bits per heavy atom. The number of benzene rings is 2. The van der Waals surface area contributed by atoms with Gasteiger partial charge in [0.2, 0.25) is 0 Å². The standard InChI is InChI=1S/C15H10N6O4S/c16-15-17-13(9-2-1-3-12(8-9)21(24)25)14(26-15)19-18-10-4-6-11(7-5-10)20(22)23/h1-8H,(H2,16,17). The van der Waals surface area contributed by atoms with Gasteiger partial charge in [0, 0.05) is 29.8 Å². The fraction of sp³-hybridized carbons (Fsp3) is 0. The lowest BCUT2D eigenvalue weighted by molar-refractivity contribution is -0.385. The lowest BCUT2D eigenvalue weighted by Crippen LogP contribution is -1.88. The fourth-order valence-corrected chi connectivity index (χ4v) is 2.77. The predicted molar refractivity (Wildman–Crippen MR) is 95.9 cm³/mol. The molecule has 0 aliphatic rings. The Labute approximate surface area is 149 Å². The minimum absolute atomic E-state index is 0.0525. The molecule has 26 heavy (non-hydrogen) atoms. The van der Waals surface area contributed by atoms with Crippen LogP contribution in [0.3, 0.4) is 0 Å². The molecule has 3 aromatic rings. The van der Waals surface area contributed by atoms with Crippen molar-refractivity contribution in [1.29, 1.82) is 0 Å². The molecule has 0 bridgehead atoms. The zero-order valence-corrected chi connectivity index (χ0v) is 13.8. The number of nitrogens with two attached hydrogens (primary N) is 1. The average molecular weight is 370 g/mol. The summed E-state index contributed by atoms with van der Waals surface area (Å²) < 4.78 is 0. The third kappa shape index (κ3) is 3.67. The molecule has 0 aliphatic heterocycles. The van der Waals surface area contributed by atoms with E-state index in [-0.39, 0.29) is 16.5 Å². The monoisotopic (exact) mass is 370 g/mol. The van der Waals surface area contributed by atoms with Crippen LogP contribution in [0.15, 0.2) is 58.8 Å². The maximum absolute atomic E-state index is 10.9. The van der Waals surface area contributed by atoms with Gasteiger partial charge in [0.15, 0.2) is 10.1 Å². The number of azo groups is 1. The summed E-state index contributed by atoms with van der Waals surface area (Å²) in [7, 11) is 0. The number of thiazole rings is 1. The van der Waals surface area contributed by atoms with Gasteiger partial charge < -0.3 is 5.73 Å². The maximum Gasteiger partial charge on any atom is 0.270 e. The summed E-state index contributed by atoms with van der Waals surface area (Å²) in [5.74, 6) is 0. The molecule has 0 atom stereocenters. The average Bonchev–Trinajstić information content (AvgIpc) is 3.01. The third-order valence-electron chi connectivity index (χ3n) is 3.27. The first kappa shape index (κ1) is 17.1. The van der Waals surface area contributed by atoms with Crippen molar-refractivity contribution in [3.63, 3.8) is 0 Å².